The first-order valence-corrected chi connectivity index (χ1v) is 6.17. The highest BCUT2D eigenvalue weighted by Gasteiger charge is 2.11. The van der Waals surface area contributed by atoms with Crippen molar-refractivity contribution >= 4 is 39.0 Å². The predicted octanol–water partition coefficient (Wildman–Crippen LogP) is 3.19. The standard InChI is InChI=1S/C10H12ClN3S/c1-3-14(4-2)8-7-5-6-15-9(7)13-10(11)12-8/h5-6H,3-4H2,1-2H3. The maximum atomic E-state index is 5.90. The van der Waals surface area contributed by atoms with Crippen LogP contribution in [0, 0.1) is 0 Å². The molecule has 0 fully saturated rings. The maximum Gasteiger partial charge on any atom is 0.225 e. The van der Waals surface area contributed by atoms with Crippen LogP contribution in [0.4, 0.5) is 5.82 Å². The summed E-state index contributed by atoms with van der Waals surface area (Å²) >= 11 is 7.49. The van der Waals surface area contributed by atoms with E-state index in [0.717, 1.165) is 29.1 Å². The summed E-state index contributed by atoms with van der Waals surface area (Å²) in [4.78, 5) is 11.6. The molecule has 2 aromatic heterocycles. The summed E-state index contributed by atoms with van der Waals surface area (Å²) in [6.07, 6.45) is 0. The number of rotatable bonds is 3. The van der Waals surface area contributed by atoms with E-state index in [1.165, 1.54) is 0 Å². The van der Waals surface area contributed by atoms with Crippen LogP contribution in [0.2, 0.25) is 5.28 Å². The van der Waals surface area contributed by atoms with Gasteiger partial charge in [0.05, 0.1) is 5.39 Å². The molecule has 0 aliphatic carbocycles. The molecule has 0 radical (unpaired) electrons. The zero-order chi connectivity index (χ0) is 10.8. The highest BCUT2D eigenvalue weighted by molar-refractivity contribution is 7.16. The van der Waals surface area contributed by atoms with Crippen molar-refractivity contribution in [1.29, 1.82) is 0 Å². The number of nitrogens with zero attached hydrogens (tertiary/aromatic N) is 3. The molecule has 0 aromatic carbocycles. The Morgan fingerprint density at radius 1 is 1.33 bits per heavy atom. The minimum Gasteiger partial charge on any atom is -0.356 e. The van der Waals surface area contributed by atoms with Crippen molar-refractivity contribution in [1.82, 2.24) is 9.97 Å². The highest BCUT2D eigenvalue weighted by atomic mass is 35.5. The van der Waals surface area contributed by atoms with Crippen LogP contribution in [0.1, 0.15) is 13.8 Å². The van der Waals surface area contributed by atoms with E-state index < -0.39 is 0 Å². The van der Waals surface area contributed by atoms with E-state index in [4.69, 9.17) is 11.6 Å². The van der Waals surface area contributed by atoms with Gasteiger partial charge in [-0.25, -0.2) is 4.98 Å². The predicted molar refractivity (Wildman–Crippen MR) is 66.0 cm³/mol. The molecule has 0 spiro atoms. The van der Waals surface area contributed by atoms with Gasteiger partial charge in [0.2, 0.25) is 5.28 Å². The monoisotopic (exact) mass is 241 g/mol. The smallest absolute Gasteiger partial charge is 0.225 e. The Labute approximate surface area is 97.7 Å². The van der Waals surface area contributed by atoms with Crippen molar-refractivity contribution in [3.05, 3.63) is 16.7 Å². The number of hydrogen-bond acceptors (Lipinski definition) is 4. The van der Waals surface area contributed by atoms with E-state index in [1.54, 1.807) is 11.3 Å². The number of fused-ring (bicyclic) bond motifs is 1. The molecule has 0 aliphatic heterocycles. The van der Waals surface area contributed by atoms with Gasteiger partial charge >= 0.3 is 0 Å². The minimum absolute atomic E-state index is 0.326. The lowest BCUT2D eigenvalue weighted by molar-refractivity contribution is 0.849. The minimum atomic E-state index is 0.326. The number of halogens is 1. The fraction of sp³-hybridized carbons (Fsp3) is 0.400. The molecular formula is C10H12ClN3S. The molecule has 5 heteroatoms. The summed E-state index contributed by atoms with van der Waals surface area (Å²) in [5.74, 6) is 0.941. The number of thiophene rings is 1. The third kappa shape index (κ3) is 1.92. The van der Waals surface area contributed by atoms with Gasteiger partial charge in [-0.05, 0) is 36.9 Å². The fourth-order valence-corrected chi connectivity index (χ4v) is 2.55. The van der Waals surface area contributed by atoms with Gasteiger partial charge in [-0.15, -0.1) is 11.3 Å². The van der Waals surface area contributed by atoms with Gasteiger partial charge in [0.1, 0.15) is 10.6 Å². The van der Waals surface area contributed by atoms with Crippen LogP contribution in [0.25, 0.3) is 10.2 Å². The molecule has 0 atom stereocenters. The SMILES string of the molecule is CCN(CC)c1nc(Cl)nc2sccc12. The summed E-state index contributed by atoms with van der Waals surface area (Å²) in [5, 5.41) is 3.43. The van der Waals surface area contributed by atoms with E-state index in [0.29, 0.717) is 5.28 Å². The van der Waals surface area contributed by atoms with Gasteiger partial charge in [0.15, 0.2) is 0 Å². The van der Waals surface area contributed by atoms with E-state index in [2.05, 4.69) is 28.7 Å². The Bertz CT molecular complexity index is 465. The van der Waals surface area contributed by atoms with Crippen LogP contribution in [-0.4, -0.2) is 23.1 Å². The largest absolute Gasteiger partial charge is 0.356 e. The Morgan fingerprint density at radius 3 is 2.73 bits per heavy atom. The van der Waals surface area contributed by atoms with Crippen LogP contribution in [0.5, 0.6) is 0 Å². The first kappa shape index (κ1) is 10.6. The first-order valence-electron chi connectivity index (χ1n) is 4.92. The summed E-state index contributed by atoms with van der Waals surface area (Å²) in [6.45, 7) is 6.07. The second-order valence-corrected chi connectivity index (χ2v) is 4.36. The van der Waals surface area contributed by atoms with Crippen molar-refractivity contribution in [2.24, 2.45) is 0 Å². The number of hydrogen-bond donors (Lipinski definition) is 0. The molecular weight excluding hydrogens is 230 g/mol. The highest BCUT2D eigenvalue weighted by Crippen LogP contribution is 2.28. The quantitative estimate of drug-likeness (QED) is 0.773. The van der Waals surface area contributed by atoms with Crippen LogP contribution in [0.3, 0.4) is 0 Å². The lowest BCUT2D eigenvalue weighted by Crippen LogP contribution is -2.23. The average molecular weight is 242 g/mol. The lowest BCUT2D eigenvalue weighted by Gasteiger charge is -2.20. The summed E-state index contributed by atoms with van der Waals surface area (Å²) in [7, 11) is 0. The van der Waals surface area contributed by atoms with Gasteiger partial charge in [-0.2, -0.15) is 4.98 Å². The van der Waals surface area contributed by atoms with Crippen molar-refractivity contribution in [2.45, 2.75) is 13.8 Å². The molecule has 0 saturated heterocycles. The zero-order valence-corrected chi connectivity index (χ0v) is 10.3. The number of anilines is 1. The normalized spacial score (nSPS) is 10.9. The zero-order valence-electron chi connectivity index (χ0n) is 8.70. The summed E-state index contributed by atoms with van der Waals surface area (Å²) in [6, 6.07) is 2.05. The Balaban J connectivity index is 2.61. The van der Waals surface area contributed by atoms with Gasteiger partial charge < -0.3 is 4.90 Å². The molecule has 2 heterocycles. The van der Waals surface area contributed by atoms with Crippen LogP contribution >= 0.6 is 22.9 Å². The molecule has 2 rings (SSSR count). The first-order chi connectivity index (χ1) is 7.26. The van der Waals surface area contributed by atoms with Crippen LogP contribution in [0.15, 0.2) is 11.4 Å². The lowest BCUT2D eigenvalue weighted by atomic mass is 10.3. The molecule has 0 bridgehead atoms. The van der Waals surface area contributed by atoms with E-state index in [-0.39, 0.29) is 0 Å². The molecule has 15 heavy (non-hydrogen) atoms. The molecule has 80 valence electrons. The van der Waals surface area contributed by atoms with Crippen molar-refractivity contribution in [3.63, 3.8) is 0 Å². The molecule has 0 amide bonds. The molecule has 0 N–H and O–H groups in total. The topological polar surface area (TPSA) is 29.0 Å². The number of aromatic nitrogens is 2. The molecule has 3 nitrogen and oxygen atoms in total. The molecule has 0 saturated carbocycles. The van der Waals surface area contributed by atoms with Gasteiger partial charge in [0, 0.05) is 13.1 Å². The second kappa shape index (κ2) is 4.33. The summed E-state index contributed by atoms with van der Waals surface area (Å²) in [5.41, 5.74) is 0. The Kier molecular flexibility index (Phi) is 3.07. The van der Waals surface area contributed by atoms with Crippen molar-refractivity contribution in [2.75, 3.05) is 18.0 Å². The molecule has 2 aromatic rings. The van der Waals surface area contributed by atoms with E-state index >= 15 is 0 Å². The molecule has 0 unspecified atom stereocenters. The van der Waals surface area contributed by atoms with Crippen LogP contribution in [-0.2, 0) is 0 Å². The third-order valence-electron chi connectivity index (χ3n) is 2.34. The van der Waals surface area contributed by atoms with Crippen molar-refractivity contribution in [3.8, 4) is 0 Å². The maximum absolute atomic E-state index is 5.90. The Morgan fingerprint density at radius 2 is 2.07 bits per heavy atom. The third-order valence-corrected chi connectivity index (χ3v) is 3.32. The van der Waals surface area contributed by atoms with Gasteiger partial charge in [0.25, 0.3) is 0 Å². The Hall–Kier alpha value is -0.870. The average Bonchev–Trinajstić information content (AvgIpc) is 2.67. The second-order valence-electron chi connectivity index (χ2n) is 3.13. The van der Waals surface area contributed by atoms with Gasteiger partial charge in [-0.1, -0.05) is 0 Å². The molecule has 0 aliphatic rings. The fourth-order valence-electron chi connectivity index (χ4n) is 1.58. The van der Waals surface area contributed by atoms with Crippen LogP contribution < -0.4 is 4.90 Å². The van der Waals surface area contributed by atoms with Gasteiger partial charge in [-0.3, -0.25) is 0 Å². The summed E-state index contributed by atoms with van der Waals surface area (Å²) < 4.78 is 0. The van der Waals surface area contributed by atoms with E-state index in [9.17, 15) is 0 Å². The van der Waals surface area contributed by atoms with Crippen molar-refractivity contribution < 1.29 is 0 Å². The van der Waals surface area contributed by atoms with E-state index in [1.807, 2.05) is 11.4 Å².